The van der Waals surface area contributed by atoms with Crippen molar-refractivity contribution in [2.45, 2.75) is 13.8 Å². The lowest BCUT2D eigenvalue weighted by molar-refractivity contribution is 0.798. The molecule has 0 atom stereocenters. The van der Waals surface area contributed by atoms with Crippen LogP contribution in [0.1, 0.15) is 13.8 Å². The zero-order chi connectivity index (χ0) is 7.82. The molecule has 0 radical (unpaired) electrons. The summed E-state index contributed by atoms with van der Waals surface area (Å²) < 4.78 is 0. The molecule has 0 rings (SSSR count). The van der Waals surface area contributed by atoms with E-state index in [2.05, 4.69) is 5.32 Å². The molecule has 0 aliphatic rings. The molecular weight excluding hydrogens is 124 g/mol. The van der Waals surface area contributed by atoms with Crippen LogP contribution in [0.15, 0.2) is 23.9 Å². The van der Waals surface area contributed by atoms with Gasteiger partial charge in [-0.25, -0.2) is 0 Å². The van der Waals surface area contributed by atoms with Gasteiger partial charge in [-0.05, 0) is 19.9 Å². The third-order valence-corrected chi connectivity index (χ3v) is 1.09. The zero-order valence-corrected chi connectivity index (χ0v) is 6.72. The summed E-state index contributed by atoms with van der Waals surface area (Å²) in [6.45, 7) is 5.54. The number of nitrogens with two attached hydrogens (primary N) is 1. The average molecular weight is 140 g/mol. The first-order chi connectivity index (χ1) is 4.81. The summed E-state index contributed by atoms with van der Waals surface area (Å²) >= 11 is 0. The van der Waals surface area contributed by atoms with Crippen molar-refractivity contribution in [3.05, 3.63) is 23.9 Å². The third kappa shape index (κ3) is 5.38. The van der Waals surface area contributed by atoms with Gasteiger partial charge in [-0.15, -0.1) is 0 Å². The highest BCUT2D eigenvalue weighted by atomic mass is 14.9. The molecule has 3 N–H and O–H groups in total. The quantitative estimate of drug-likeness (QED) is 0.572. The largest absolute Gasteiger partial charge is 0.387 e. The molecule has 2 nitrogen and oxygen atoms in total. The Balaban J connectivity index is 3.49. The van der Waals surface area contributed by atoms with E-state index in [1.807, 2.05) is 32.1 Å². The van der Waals surface area contributed by atoms with Crippen LogP contribution in [0, 0.1) is 0 Å². The van der Waals surface area contributed by atoms with Gasteiger partial charge < -0.3 is 11.1 Å². The second-order valence-electron chi connectivity index (χ2n) is 2.09. The fourth-order valence-corrected chi connectivity index (χ4v) is 0.569. The molecule has 0 fully saturated rings. The number of rotatable bonds is 4. The molecule has 0 aromatic carbocycles. The van der Waals surface area contributed by atoms with Gasteiger partial charge in [0.2, 0.25) is 0 Å². The molecule has 0 spiro atoms. The predicted octanol–water partition coefficient (Wildman–Crippen LogP) is 1.01. The first-order valence-electron chi connectivity index (χ1n) is 3.54. The summed E-state index contributed by atoms with van der Waals surface area (Å²) in [6, 6.07) is 0. The maximum atomic E-state index is 5.30. The zero-order valence-electron chi connectivity index (χ0n) is 6.72. The van der Waals surface area contributed by atoms with Gasteiger partial charge >= 0.3 is 0 Å². The van der Waals surface area contributed by atoms with Crippen molar-refractivity contribution in [1.29, 1.82) is 0 Å². The molecule has 0 aliphatic heterocycles. The van der Waals surface area contributed by atoms with E-state index in [4.69, 9.17) is 5.73 Å². The molecule has 2 heteroatoms. The monoisotopic (exact) mass is 140 g/mol. The fourth-order valence-electron chi connectivity index (χ4n) is 0.569. The van der Waals surface area contributed by atoms with Crippen LogP contribution in [-0.2, 0) is 0 Å². The van der Waals surface area contributed by atoms with Crippen molar-refractivity contribution in [3.63, 3.8) is 0 Å². The van der Waals surface area contributed by atoms with Crippen LogP contribution in [0.25, 0.3) is 0 Å². The first-order valence-corrected chi connectivity index (χ1v) is 3.54. The van der Waals surface area contributed by atoms with Gasteiger partial charge in [0.15, 0.2) is 0 Å². The van der Waals surface area contributed by atoms with Crippen molar-refractivity contribution >= 4 is 0 Å². The van der Waals surface area contributed by atoms with Crippen molar-refractivity contribution in [1.82, 2.24) is 5.32 Å². The van der Waals surface area contributed by atoms with Crippen LogP contribution in [0.3, 0.4) is 0 Å². The maximum absolute atomic E-state index is 5.30. The van der Waals surface area contributed by atoms with Gasteiger partial charge in [-0.2, -0.15) is 0 Å². The van der Waals surface area contributed by atoms with Crippen LogP contribution in [-0.4, -0.2) is 13.1 Å². The van der Waals surface area contributed by atoms with Crippen molar-refractivity contribution in [2.24, 2.45) is 5.73 Å². The normalized spacial score (nSPS) is 12.5. The van der Waals surface area contributed by atoms with Crippen molar-refractivity contribution in [3.8, 4) is 0 Å². The van der Waals surface area contributed by atoms with Gasteiger partial charge in [0.1, 0.15) is 0 Å². The minimum absolute atomic E-state index is 0.682. The SMILES string of the molecule is C/C=C\C=C(/C)NCCN. The van der Waals surface area contributed by atoms with E-state index in [1.54, 1.807) is 0 Å². The Hall–Kier alpha value is -0.760. The van der Waals surface area contributed by atoms with E-state index in [1.165, 1.54) is 0 Å². The highest BCUT2D eigenvalue weighted by Gasteiger charge is 1.81. The lowest BCUT2D eigenvalue weighted by Gasteiger charge is -2.01. The number of allylic oxidation sites excluding steroid dienone is 4. The molecule has 0 amide bonds. The molecule has 0 heterocycles. The summed E-state index contributed by atoms with van der Waals surface area (Å²) in [6.07, 6.45) is 6.02. The fraction of sp³-hybridized carbons (Fsp3) is 0.500. The van der Waals surface area contributed by atoms with Gasteiger partial charge in [-0.1, -0.05) is 12.2 Å². The summed E-state index contributed by atoms with van der Waals surface area (Å²) in [4.78, 5) is 0. The van der Waals surface area contributed by atoms with E-state index < -0.39 is 0 Å². The molecular formula is C8H16N2. The third-order valence-electron chi connectivity index (χ3n) is 1.09. The highest BCUT2D eigenvalue weighted by molar-refractivity contribution is 5.07. The molecule has 0 unspecified atom stereocenters. The van der Waals surface area contributed by atoms with Crippen LogP contribution in [0.4, 0.5) is 0 Å². The Bertz CT molecular complexity index is 125. The van der Waals surface area contributed by atoms with Crippen molar-refractivity contribution in [2.75, 3.05) is 13.1 Å². The van der Waals surface area contributed by atoms with E-state index in [9.17, 15) is 0 Å². The standard InChI is InChI=1S/C8H16N2/c1-3-4-5-8(2)10-7-6-9/h3-5,10H,6-7,9H2,1-2H3/b4-3-,8-5+. The Morgan fingerprint density at radius 1 is 1.60 bits per heavy atom. The second kappa shape index (κ2) is 6.36. The van der Waals surface area contributed by atoms with E-state index >= 15 is 0 Å². The van der Waals surface area contributed by atoms with Crippen LogP contribution in [0.5, 0.6) is 0 Å². The highest BCUT2D eigenvalue weighted by Crippen LogP contribution is 1.85. The Morgan fingerprint density at radius 2 is 2.30 bits per heavy atom. The molecule has 0 saturated heterocycles. The molecule has 10 heavy (non-hydrogen) atoms. The topological polar surface area (TPSA) is 38.0 Å². The minimum Gasteiger partial charge on any atom is -0.387 e. The molecule has 0 saturated carbocycles. The average Bonchev–Trinajstić information content (AvgIpc) is 1.97. The van der Waals surface area contributed by atoms with Gasteiger partial charge in [0, 0.05) is 18.8 Å². The molecule has 0 aromatic rings. The predicted molar refractivity (Wildman–Crippen MR) is 45.6 cm³/mol. The van der Waals surface area contributed by atoms with Gasteiger partial charge in [-0.3, -0.25) is 0 Å². The number of hydrogen-bond donors (Lipinski definition) is 2. The van der Waals surface area contributed by atoms with Crippen LogP contribution < -0.4 is 11.1 Å². The second-order valence-corrected chi connectivity index (χ2v) is 2.09. The lowest BCUT2D eigenvalue weighted by Crippen LogP contribution is -2.20. The summed E-state index contributed by atoms with van der Waals surface area (Å²) in [5.74, 6) is 0. The summed E-state index contributed by atoms with van der Waals surface area (Å²) in [5, 5.41) is 3.15. The van der Waals surface area contributed by atoms with Gasteiger partial charge in [0.05, 0.1) is 0 Å². The Morgan fingerprint density at radius 3 is 2.80 bits per heavy atom. The van der Waals surface area contributed by atoms with Crippen LogP contribution in [0.2, 0.25) is 0 Å². The lowest BCUT2D eigenvalue weighted by atomic mass is 10.4. The smallest absolute Gasteiger partial charge is 0.0266 e. The van der Waals surface area contributed by atoms with Crippen LogP contribution >= 0.6 is 0 Å². The molecule has 0 bridgehead atoms. The Kier molecular flexibility index (Phi) is 5.88. The number of nitrogens with one attached hydrogen (secondary N) is 1. The van der Waals surface area contributed by atoms with E-state index in [-0.39, 0.29) is 0 Å². The van der Waals surface area contributed by atoms with Crippen molar-refractivity contribution < 1.29 is 0 Å². The minimum atomic E-state index is 0.682. The Labute approximate surface area is 62.8 Å². The van der Waals surface area contributed by atoms with Gasteiger partial charge in [0.25, 0.3) is 0 Å². The van der Waals surface area contributed by atoms with E-state index in [0.29, 0.717) is 6.54 Å². The maximum Gasteiger partial charge on any atom is 0.0266 e. The summed E-state index contributed by atoms with van der Waals surface area (Å²) in [5.41, 5.74) is 6.45. The molecule has 58 valence electrons. The molecule has 0 aromatic heterocycles. The summed E-state index contributed by atoms with van der Waals surface area (Å²) in [7, 11) is 0. The molecule has 0 aliphatic carbocycles. The van der Waals surface area contributed by atoms with E-state index in [0.717, 1.165) is 12.2 Å². The first kappa shape index (κ1) is 9.24. The number of hydrogen-bond acceptors (Lipinski definition) is 2.